The Balaban J connectivity index is 1.38. The van der Waals surface area contributed by atoms with Crippen LogP contribution >= 0.6 is 22.7 Å². The van der Waals surface area contributed by atoms with Gasteiger partial charge in [0.15, 0.2) is 0 Å². The minimum absolute atomic E-state index is 0.0492. The third kappa shape index (κ3) is 6.93. The highest BCUT2D eigenvalue weighted by Crippen LogP contribution is 2.20. The SMILES string of the molecule is O=C(CC1C(=O)N(CCc2cccs2)CC(=O)N1CCc1cccs1)NCCc1ccc(O)cc1. The van der Waals surface area contributed by atoms with Crippen molar-refractivity contribution in [2.45, 2.75) is 31.7 Å². The Morgan fingerprint density at radius 3 is 2.23 bits per heavy atom. The number of hydrogen-bond acceptors (Lipinski definition) is 6. The van der Waals surface area contributed by atoms with E-state index in [1.165, 1.54) is 0 Å². The van der Waals surface area contributed by atoms with Gasteiger partial charge in [-0.1, -0.05) is 24.3 Å². The van der Waals surface area contributed by atoms with Gasteiger partial charge in [-0.05, 0) is 59.9 Å². The number of rotatable bonds is 11. The van der Waals surface area contributed by atoms with Crippen molar-refractivity contribution in [2.24, 2.45) is 0 Å². The van der Waals surface area contributed by atoms with Gasteiger partial charge in [-0.25, -0.2) is 0 Å². The molecule has 0 radical (unpaired) electrons. The highest BCUT2D eigenvalue weighted by Gasteiger charge is 2.40. The van der Waals surface area contributed by atoms with E-state index in [1.54, 1.807) is 44.6 Å². The molecule has 0 aliphatic carbocycles. The average molecular weight is 512 g/mol. The molecular weight excluding hydrogens is 482 g/mol. The number of phenols is 1. The topological polar surface area (TPSA) is 90.0 Å². The summed E-state index contributed by atoms with van der Waals surface area (Å²) < 4.78 is 0. The Hall–Kier alpha value is -3.17. The predicted molar refractivity (Wildman–Crippen MR) is 138 cm³/mol. The number of amides is 3. The summed E-state index contributed by atoms with van der Waals surface area (Å²) in [6.07, 6.45) is 1.90. The summed E-state index contributed by atoms with van der Waals surface area (Å²) in [6.45, 7) is 1.33. The first-order valence-electron chi connectivity index (χ1n) is 11.7. The van der Waals surface area contributed by atoms with Gasteiger partial charge in [0.05, 0.1) is 13.0 Å². The van der Waals surface area contributed by atoms with Crippen LogP contribution < -0.4 is 5.32 Å². The fourth-order valence-corrected chi connectivity index (χ4v) is 5.56. The summed E-state index contributed by atoms with van der Waals surface area (Å²) in [5.74, 6) is -0.337. The molecule has 3 amide bonds. The van der Waals surface area contributed by atoms with Crippen LogP contribution in [-0.2, 0) is 33.6 Å². The van der Waals surface area contributed by atoms with Crippen LogP contribution in [0.15, 0.2) is 59.3 Å². The lowest BCUT2D eigenvalue weighted by Crippen LogP contribution is -2.61. The van der Waals surface area contributed by atoms with Gasteiger partial charge in [-0.3, -0.25) is 14.4 Å². The van der Waals surface area contributed by atoms with Gasteiger partial charge >= 0.3 is 0 Å². The van der Waals surface area contributed by atoms with Crippen LogP contribution in [0.5, 0.6) is 5.75 Å². The number of nitrogens with zero attached hydrogens (tertiary/aromatic N) is 2. The van der Waals surface area contributed by atoms with Gasteiger partial charge in [-0.2, -0.15) is 0 Å². The van der Waals surface area contributed by atoms with Crippen molar-refractivity contribution in [2.75, 3.05) is 26.2 Å². The summed E-state index contributed by atoms with van der Waals surface area (Å²) in [5, 5.41) is 16.3. The third-order valence-corrected chi connectivity index (χ3v) is 7.93. The van der Waals surface area contributed by atoms with Crippen LogP contribution in [0.1, 0.15) is 21.7 Å². The molecule has 1 atom stereocenters. The van der Waals surface area contributed by atoms with E-state index in [9.17, 15) is 19.5 Å². The molecule has 3 heterocycles. The standard InChI is InChI=1S/C26H29N3O4S2/c30-20-7-5-19(6-8-20)9-12-27-24(31)17-23-26(33)28(13-10-21-3-1-15-34-21)18-25(32)29(23)14-11-22-4-2-16-35-22/h1-8,15-16,23,30H,9-14,17-18H2,(H,27,31). The molecule has 4 rings (SSSR count). The van der Waals surface area contributed by atoms with Crippen LogP contribution in [0.3, 0.4) is 0 Å². The lowest BCUT2D eigenvalue weighted by molar-refractivity contribution is -0.157. The molecule has 0 bridgehead atoms. The Morgan fingerprint density at radius 1 is 0.943 bits per heavy atom. The quantitative estimate of drug-likeness (QED) is 0.414. The highest BCUT2D eigenvalue weighted by atomic mass is 32.1. The van der Waals surface area contributed by atoms with Crippen molar-refractivity contribution in [3.05, 3.63) is 74.6 Å². The molecule has 3 aromatic rings. The number of aromatic hydroxyl groups is 1. The molecule has 1 unspecified atom stereocenters. The number of phenolic OH excluding ortho intramolecular Hbond substituents is 1. The molecule has 184 valence electrons. The lowest BCUT2D eigenvalue weighted by Gasteiger charge is -2.40. The molecule has 1 aliphatic rings. The Kier molecular flexibility index (Phi) is 8.54. The molecule has 9 heteroatoms. The number of carbonyl (C=O) groups excluding carboxylic acids is 3. The van der Waals surface area contributed by atoms with Gasteiger partial charge in [0.1, 0.15) is 11.8 Å². The number of carbonyl (C=O) groups is 3. The van der Waals surface area contributed by atoms with E-state index in [4.69, 9.17) is 0 Å². The van der Waals surface area contributed by atoms with Gasteiger partial charge in [0.25, 0.3) is 0 Å². The monoisotopic (exact) mass is 511 g/mol. The third-order valence-electron chi connectivity index (χ3n) is 6.06. The van der Waals surface area contributed by atoms with Crippen LogP contribution in [0, 0.1) is 0 Å². The number of hydrogen-bond donors (Lipinski definition) is 2. The Morgan fingerprint density at radius 2 is 1.60 bits per heavy atom. The molecule has 2 N–H and O–H groups in total. The summed E-state index contributed by atoms with van der Waals surface area (Å²) in [5.41, 5.74) is 0.990. The van der Waals surface area contributed by atoms with E-state index in [0.29, 0.717) is 38.9 Å². The maximum Gasteiger partial charge on any atom is 0.246 e. The van der Waals surface area contributed by atoms with Crippen LogP contribution in [0.4, 0.5) is 0 Å². The zero-order valence-corrected chi connectivity index (χ0v) is 21.0. The second-order valence-electron chi connectivity index (χ2n) is 8.49. The molecule has 7 nitrogen and oxygen atoms in total. The molecule has 1 saturated heterocycles. The molecular formula is C26H29N3O4S2. The van der Waals surface area contributed by atoms with Crippen LogP contribution in [0.2, 0.25) is 0 Å². The van der Waals surface area contributed by atoms with Crippen molar-refractivity contribution < 1.29 is 19.5 Å². The van der Waals surface area contributed by atoms with Gasteiger partial charge in [0.2, 0.25) is 17.7 Å². The minimum Gasteiger partial charge on any atom is -0.508 e. The van der Waals surface area contributed by atoms with E-state index in [1.807, 2.05) is 47.2 Å². The van der Waals surface area contributed by atoms with E-state index in [2.05, 4.69) is 5.32 Å². The van der Waals surface area contributed by atoms with E-state index >= 15 is 0 Å². The zero-order chi connectivity index (χ0) is 24.6. The van der Waals surface area contributed by atoms with E-state index in [-0.39, 0.29) is 36.4 Å². The first kappa shape index (κ1) is 24.9. The molecule has 1 fully saturated rings. The minimum atomic E-state index is -0.798. The first-order valence-corrected chi connectivity index (χ1v) is 13.4. The van der Waals surface area contributed by atoms with E-state index < -0.39 is 6.04 Å². The van der Waals surface area contributed by atoms with Crippen LogP contribution in [0.25, 0.3) is 0 Å². The second-order valence-corrected chi connectivity index (χ2v) is 10.6. The Labute approximate surface area is 213 Å². The molecule has 0 saturated carbocycles. The number of nitrogens with one attached hydrogen (secondary N) is 1. The summed E-state index contributed by atoms with van der Waals surface area (Å²) in [6, 6.07) is 14.0. The number of benzene rings is 1. The van der Waals surface area contributed by atoms with Gasteiger partial charge in [-0.15, -0.1) is 22.7 Å². The maximum absolute atomic E-state index is 13.4. The maximum atomic E-state index is 13.4. The fourth-order valence-electron chi connectivity index (χ4n) is 4.16. The lowest BCUT2D eigenvalue weighted by atomic mass is 10.0. The van der Waals surface area contributed by atoms with E-state index in [0.717, 1.165) is 15.3 Å². The average Bonchev–Trinajstić information content (AvgIpc) is 3.56. The summed E-state index contributed by atoms with van der Waals surface area (Å²) >= 11 is 3.25. The normalized spacial score (nSPS) is 16.1. The van der Waals surface area contributed by atoms with Crippen molar-refractivity contribution >= 4 is 40.4 Å². The van der Waals surface area contributed by atoms with Crippen LogP contribution in [-0.4, -0.2) is 64.8 Å². The molecule has 0 spiro atoms. The molecule has 2 aromatic heterocycles. The van der Waals surface area contributed by atoms with Gasteiger partial charge < -0.3 is 20.2 Å². The Bertz CT molecular complexity index is 1110. The van der Waals surface area contributed by atoms with Gasteiger partial charge in [0, 0.05) is 29.4 Å². The smallest absolute Gasteiger partial charge is 0.246 e. The van der Waals surface area contributed by atoms with Crippen molar-refractivity contribution in [3.8, 4) is 5.75 Å². The van der Waals surface area contributed by atoms with Crippen molar-refractivity contribution in [1.82, 2.24) is 15.1 Å². The van der Waals surface area contributed by atoms with Crippen molar-refractivity contribution in [1.29, 1.82) is 0 Å². The largest absolute Gasteiger partial charge is 0.508 e. The zero-order valence-electron chi connectivity index (χ0n) is 19.4. The summed E-state index contributed by atoms with van der Waals surface area (Å²) in [7, 11) is 0. The summed E-state index contributed by atoms with van der Waals surface area (Å²) in [4.78, 5) is 44.7. The molecule has 35 heavy (non-hydrogen) atoms. The fraction of sp³-hybridized carbons (Fsp3) is 0.346. The molecule has 1 aliphatic heterocycles. The first-order chi connectivity index (χ1) is 17.0. The number of thiophene rings is 2. The highest BCUT2D eigenvalue weighted by molar-refractivity contribution is 7.10. The number of piperazine rings is 1. The predicted octanol–water partition coefficient (Wildman–Crippen LogP) is 3.09. The molecule has 1 aromatic carbocycles. The van der Waals surface area contributed by atoms with Crippen molar-refractivity contribution in [3.63, 3.8) is 0 Å². The second kappa shape index (κ2) is 12.0.